The molecule has 1 aromatic rings. The predicted molar refractivity (Wildman–Crippen MR) is 79.5 cm³/mol. The fraction of sp³-hybridized carbons (Fsp3) is 0.538. The minimum absolute atomic E-state index is 0.284. The summed E-state index contributed by atoms with van der Waals surface area (Å²) < 4.78 is 25.2. The second-order valence-corrected chi connectivity index (χ2v) is 6.67. The summed E-state index contributed by atoms with van der Waals surface area (Å²) in [6, 6.07) is 7.85. The van der Waals surface area contributed by atoms with Crippen molar-refractivity contribution in [1.29, 1.82) is 0 Å². The molecule has 0 aliphatic rings. The monoisotopic (exact) mass is 304 g/mol. The number of sulfonamides is 1. The zero-order valence-corrected chi connectivity index (χ0v) is 13.0. The van der Waals surface area contributed by atoms with Gasteiger partial charge >= 0.3 is 0 Å². The first-order valence-corrected chi connectivity index (χ1v) is 8.53. The third kappa shape index (κ3) is 5.48. The molecular weight excluding hydrogens is 284 g/mol. The van der Waals surface area contributed by atoms with Crippen molar-refractivity contribution in [3.63, 3.8) is 0 Å². The van der Waals surface area contributed by atoms with Gasteiger partial charge < -0.3 is 0 Å². The number of hydrogen-bond donors (Lipinski definition) is 1. The van der Waals surface area contributed by atoms with E-state index in [4.69, 9.17) is 11.6 Å². The van der Waals surface area contributed by atoms with Gasteiger partial charge in [-0.15, -0.1) is 11.6 Å². The molecule has 108 valence electrons. The molecule has 0 heterocycles. The zero-order valence-electron chi connectivity index (χ0n) is 11.4. The molecule has 0 saturated carbocycles. The maximum Gasteiger partial charge on any atom is 0.225 e. The maximum atomic E-state index is 11.4. The first-order valence-electron chi connectivity index (χ1n) is 6.34. The second-order valence-electron chi connectivity index (χ2n) is 4.28. The molecule has 0 amide bonds. The topological polar surface area (TPSA) is 49.4 Å². The Morgan fingerprint density at radius 2 is 1.74 bits per heavy atom. The number of hydrogen-bond acceptors (Lipinski definition) is 3. The van der Waals surface area contributed by atoms with Gasteiger partial charge in [0.05, 0.1) is 0 Å². The van der Waals surface area contributed by atoms with E-state index in [0.717, 1.165) is 30.8 Å². The lowest BCUT2D eigenvalue weighted by atomic mass is 10.1. The Morgan fingerprint density at radius 1 is 1.16 bits per heavy atom. The summed E-state index contributed by atoms with van der Waals surface area (Å²) in [5, 5.41) is -0.411. The molecule has 0 aliphatic carbocycles. The van der Waals surface area contributed by atoms with E-state index in [1.165, 1.54) is 0 Å². The standard InChI is InChI=1S/C13H21ClN2O2S/c1-3-16(4-2)10-13-8-6-5-7-12(13)9-15-19(17,18)11-14/h5-8,15H,3-4,9-11H2,1-2H3. The Hall–Kier alpha value is -0.620. The van der Waals surface area contributed by atoms with Crippen molar-refractivity contribution in [3.05, 3.63) is 35.4 Å². The van der Waals surface area contributed by atoms with Crippen molar-refractivity contribution < 1.29 is 8.42 Å². The molecule has 4 nitrogen and oxygen atoms in total. The summed E-state index contributed by atoms with van der Waals surface area (Å²) in [6.45, 7) is 7.28. The number of alkyl halides is 1. The van der Waals surface area contributed by atoms with Gasteiger partial charge in [0.25, 0.3) is 0 Å². The molecule has 0 unspecified atom stereocenters. The minimum atomic E-state index is -3.37. The molecule has 0 atom stereocenters. The fourth-order valence-electron chi connectivity index (χ4n) is 1.80. The van der Waals surface area contributed by atoms with Gasteiger partial charge in [-0.3, -0.25) is 4.90 Å². The molecule has 0 aliphatic heterocycles. The van der Waals surface area contributed by atoms with Gasteiger partial charge in [-0.1, -0.05) is 38.1 Å². The van der Waals surface area contributed by atoms with Crippen LogP contribution in [0.3, 0.4) is 0 Å². The SMILES string of the molecule is CCN(CC)Cc1ccccc1CNS(=O)(=O)CCl. The van der Waals surface area contributed by atoms with E-state index in [9.17, 15) is 8.42 Å². The third-order valence-corrected chi connectivity index (χ3v) is 4.77. The zero-order chi connectivity index (χ0) is 14.3. The van der Waals surface area contributed by atoms with Gasteiger partial charge in [0, 0.05) is 13.1 Å². The van der Waals surface area contributed by atoms with Gasteiger partial charge in [0.15, 0.2) is 0 Å². The first kappa shape index (κ1) is 16.4. The average Bonchev–Trinajstić information content (AvgIpc) is 2.43. The summed E-state index contributed by atoms with van der Waals surface area (Å²) in [5.74, 6) is 0. The minimum Gasteiger partial charge on any atom is -0.300 e. The molecule has 1 rings (SSSR count). The molecule has 0 saturated heterocycles. The predicted octanol–water partition coefficient (Wildman–Crippen LogP) is 2.14. The molecule has 0 aromatic heterocycles. The smallest absolute Gasteiger partial charge is 0.225 e. The number of nitrogens with zero attached hydrogens (tertiary/aromatic N) is 1. The number of rotatable bonds is 8. The Morgan fingerprint density at radius 3 is 2.26 bits per heavy atom. The third-order valence-electron chi connectivity index (χ3n) is 3.03. The highest BCUT2D eigenvalue weighted by Gasteiger charge is 2.10. The van der Waals surface area contributed by atoms with E-state index < -0.39 is 15.2 Å². The summed E-state index contributed by atoms with van der Waals surface area (Å²) in [7, 11) is -3.37. The quantitative estimate of drug-likeness (QED) is 0.749. The van der Waals surface area contributed by atoms with Crippen LogP contribution in [0.15, 0.2) is 24.3 Å². The number of halogens is 1. The van der Waals surface area contributed by atoms with Crippen molar-refractivity contribution in [2.75, 3.05) is 18.3 Å². The van der Waals surface area contributed by atoms with Crippen LogP contribution >= 0.6 is 11.6 Å². The highest BCUT2D eigenvalue weighted by molar-refractivity contribution is 7.90. The van der Waals surface area contributed by atoms with E-state index in [0.29, 0.717) is 0 Å². The number of benzene rings is 1. The Labute approximate surface area is 120 Å². The normalized spacial score (nSPS) is 12.0. The molecule has 1 aromatic carbocycles. The van der Waals surface area contributed by atoms with Crippen molar-refractivity contribution >= 4 is 21.6 Å². The molecule has 1 N–H and O–H groups in total. The van der Waals surface area contributed by atoms with Crippen LogP contribution in [0.25, 0.3) is 0 Å². The molecule has 19 heavy (non-hydrogen) atoms. The molecule has 6 heteroatoms. The molecule has 0 spiro atoms. The molecule has 0 bridgehead atoms. The largest absolute Gasteiger partial charge is 0.300 e. The van der Waals surface area contributed by atoms with E-state index in [2.05, 4.69) is 23.5 Å². The van der Waals surface area contributed by atoms with E-state index >= 15 is 0 Å². The van der Waals surface area contributed by atoms with Crippen molar-refractivity contribution in [3.8, 4) is 0 Å². The van der Waals surface area contributed by atoms with Gasteiger partial charge in [0.1, 0.15) is 5.21 Å². The summed E-state index contributed by atoms with van der Waals surface area (Å²) in [5.41, 5.74) is 2.13. The fourth-order valence-corrected chi connectivity index (χ4v) is 2.48. The van der Waals surface area contributed by atoms with Crippen molar-refractivity contribution in [1.82, 2.24) is 9.62 Å². The van der Waals surface area contributed by atoms with Crippen molar-refractivity contribution in [2.45, 2.75) is 26.9 Å². The number of nitrogens with one attached hydrogen (secondary N) is 1. The van der Waals surface area contributed by atoms with Crippen LogP contribution < -0.4 is 4.72 Å². The van der Waals surface area contributed by atoms with Crippen molar-refractivity contribution in [2.24, 2.45) is 0 Å². The lowest BCUT2D eigenvalue weighted by Crippen LogP contribution is -2.26. The summed E-state index contributed by atoms with van der Waals surface area (Å²) in [4.78, 5) is 2.29. The van der Waals surface area contributed by atoms with E-state index in [1.54, 1.807) is 0 Å². The van der Waals surface area contributed by atoms with Crippen LogP contribution in [0, 0.1) is 0 Å². The van der Waals surface area contributed by atoms with Crippen LogP contribution in [0.2, 0.25) is 0 Å². The van der Waals surface area contributed by atoms with Crippen LogP contribution in [0.1, 0.15) is 25.0 Å². The molecular formula is C13H21ClN2O2S. The summed E-state index contributed by atoms with van der Waals surface area (Å²) in [6.07, 6.45) is 0. The highest BCUT2D eigenvalue weighted by atomic mass is 35.5. The van der Waals surface area contributed by atoms with Crippen LogP contribution in [0.5, 0.6) is 0 Å². The van der Waals surface area contributed by atoms with Gasteiger partial charge in [-0.05, 0) is 24.2 Å². The second kappa shape index (κ2) is 7.85. The Balaban J connectivity index is 2.78. The first-order chi connectivity index (χ1) is 9.02. The van der Waals surface area contributed by atoms with Gasteiger partial charge in [0.2, 0.25) is 10.0 Å². The maximum absolute atomic E-state index is 11.4. The van der Waals surface area contributed by atoms with E-state index in [-0.39, 0.29) is 6.54 Å². The Bertz CT molecular complexity index is 487. The highest BCUT2D eigenvalue weighted by Crippen LogP contribution is 2.12. The molecule has 0 fully saturated rings. The van der Waals surface area contributed by atoms with Crippen LogP contribution in [-0.2, 0) is 23.1 Å². The Kier molecular flexibility index (Phi) is 6.79. The average molecular weight is 305 g/mol. The van der Waals surface area contributed by atoms with Gasteiger partial charge in [-0.2, -0.15) is 0 Å². The molecule has 0 radical (unpaired) electrons. The lowest BCUT2D eigenvalue weighted by Gasteiger charge is -2.20. The van der Waals surface area contributed by atoms with Crippen LogP contribution in [-0.4, -0.2) is 31.6 Å². The lowest BCUT2D eigenvalue weighted by molar-refractivity contribution is 0.295. The van der Waals surface area contributed by atoms with E-state index in [1.807, 2.05) is 24.3 Å². The summed E-state index contributed by atoms with van der Waals surface area (Å²) >= 11 is 5.37. The van der Waals surface area contributed by atoms with Gasteiger partial charge in [-0.25, -0.2) is 13.1 Å². The van der Waals surface area contributed by atoms with Crippen LogP contribution in [0.4, 0.5) is 0 Å².